The number of rotatable bonds is 6. The normalized spacial score (nSPS) is 40.9. The van der Waals surface area contributed by atoms with Crippen LogP contribution in [0.1, 0.15) is 91.9 Å². The van der Waals surface area contributed by atoms with Gasteiger partial charge in [-0.15, -0.1) is 0 Å². The van der Waals surface area contributed by atoms with Crippen LogP contribution < -0.4 is 0 Å². The van der Waals surface area contributed by atoms with Crippen LogP contribution in [0.25, 0.3) is 0 Å². The zero-order valence-electron chi connectivity index (χ0n) is 19.6. The molecule has 1 unspecified atom stereocenters. The highest BCUT2D eigenvalue weighted by Gasteiger charge is 2.62. The van der Waals surface area contributed by atoms with E-state index < -0.39 is 5.85 Å². The van der Waals surface area contributed by atoms with Gasteiger partial charge in [-0.25, -0.2) is 4.39 Å². The second-order valence-corrected chi connectivity index (χ2v) is 11.1. The summed E-state index contributed by atoms with van der Waals surface area (Å²) in [6, 6.07) is 0. The molecule has 3 aliphatic carbocycles. The Kier molecular flexibility index (Phi) is 7.34. The van der Waals surface area contributed by atoms with E-state index in [0.29, 0.717) is 12.3 Å². The lowest BCUT2D eigenvalue weighted by molar-refractivity contribution is -0.152. The van der Waals surface area contributed by atoms with Gasteiger partial charge < -0.3 is 10.2 Å². The van der Waals surface area contributed by atoms with Crippen molar-refractivity contribution >= 4 is 0 Å². The molecule has 0 aromatic heterocycles. The van der Waals surface area contributed by atoms with E-state index in [2.05, 4.69) is 46.4 Å². The van der Waals surface area contributed by atoms with Crippen molar-refractivity contribution in [3.05, 3.63) is 35.5 Å². The quantitative estimate of drug-likeness (QED) is 0.493. The molecule has 30 heavy (non-hydrogen) atoms. The predicted octanol–water partition coefficient (Wildman–Crippen LogP) is 6.89. The third-order valence-electron chi connectivity index (χ3n) is 8.30. The van der Waals surface area contributed by atoms with Crippen molar-refractivity contribution in [2.45, 2.75) is 104 Å². The van der Waals surface area contributed by atoms with Gasteiger partial charge >= 0.3 is 0 Å². The summed E-state index contributed by atoms with van der Waals surface area (Å²) in [7, 11) is 0. The average molecular weight is 419 g/mol. The maximum absolute atomic E-state index is 15.6. The third kappa shape index (κ3) is 4.93. The first-order chi connectivity index (χ1) is 14.0. The molecule has 0 bridgehead atoms. The van der Waals surface area contributed by atoms with Crippen molar-refractivity contribution in [3.63, 3.8) is 0 Å². The number of hydrogen-bond acceptors (Lipinski definition) is 2. The van der Waals surface area contributed by atoms with Gasteiger partial charge in [0, 0.05) is 12.3 Å². The van der Waals surface area contributed by atoms with E-state index in [0.717, 1.165) is 62.5 Å². The molecule has 0 aromatic rings. The zero-order chi connectivity index (χ0) is 22.1. The molecule has 0 amide bonds. The van der Waals surface area contributed by atoms with Crippen LogP contribution in [0, 0.1) is 29.1 Å². The van der Waals surface area contributed by atoms with Gasteiger partial charge in [-0.05, 0) is 67.3 Å². The van der Waals surface area contributed by atoms with Crippen LogP contribution in [0.15, 0.2) is 35.5 Å². The lowest BCUT2D eigenvalue weighted by Gasteiger charge is -2.44. The molecule has 3 aliphatic rings. The second-order valence-electron chi connectivity index (χ2n) is 11.1. The van der Waals surface area contributed by atoms with Crippen molar-refractivity contribution in [3.8, 4) is 0 Å². The molecular weight excluding hydrogens is 375 g/mol. The van der Waals surface area contributed by atoms with Crippen molar-refractivity contribution < 1.29 is 14.6 Å². The van der Waals surface area contributed by atoms with Gasteiger partial charge in [0.15, 0.2) is 0 Å². The Hall–Kier alpha value is -0.930. The molecular formula is C27H43FO2. The summed E-state index contributed by atoms with van der Waals surface area (Å²) in [5.74, 6) is -1.45. The molecule has 0 radical (unpaired) electrons. The van der Waals surface area contributed by atoms with E-state index in [9.17, 15) is 10.2 Å². The Morgan fingerprint density at radius 1 is 1.20 bits per heavy atom. The predicted molar refractivity (Wildman–Crippen MR) is 123 cm³/mol. The number of allylic oxidation sites excluding steroid dienone is 4. The molecule has 0 aromatic carbocycles. The Bertz CT molecular complexity index is 689. The molecule has 2 N–H and O–H groups in total. The van der Waals surface area contributed by atoms with Gasteiger partial charge in [0.05, 0.1) is 6.10 Å². The second kappa shape index (κ2) is 9.28. The molecule has 3 rings (SSSR count). The van der Waals surface area contributed by atoms with E-state index >= 15 is 4.39 Å². The minimum absolute atomic E-state index is 0.0948. The van der Waals surface area contributed by atoms with Gasteiger partial charge in [-0.3, -0.25) is 0 Å². The van der Waals surface area contributed by atoms with Crippen LogP contribution in [-0.4, -0.2) is 22.2 Å². The first kappa shape index (κ1) is 23.7. The first-order valence-corrected chi connectivity index (χ1v) is 12.2. The number of fused-ring (bicyclic) bond motifs is 1. The standard InChI is InChI=1S/C27H43FO2/c1-18(2)8-6-9-20(4)25-26(5)15-7-10-21(24(26)17-27(25,28)30)12-13-22-16-23(29)14-11-19(22)3/h12-13,18,20,23-25,29-30H,3,6-11,14-17H2,1-2,4-5H3/b21-12+,22-13+/t20-,23+,24+,25-,26-,27?/m1/s1. The monoisotopic (exact) mass is 418 g/mol. The zero-order valence-corrected chi connectivity index (χ0v) is 19.6. The van der Waals surface area contributed by atoms with Crippen molar-refractivity contribution in [2.24, 2.45) is 29.1 Å². The summed E-state index contributed by atoms with van der Waals surface area (Å²) in [5, 5.41) is 20.9. The van der Waals surface area contributed by atoms with E-state index in [4.69, 9.17) is 0 Å². The summed E-state index contributed by atoms with van der Waals surface area (Å²) < 4.78 is 15.6. The molecule has 2 nitrogen and oxygen atoms in total. The van der Waals surface area contributed by atoms with E-state index in [1.165, 1.54) is 5.57 Å². The third-order valence-corrected chi connectivity index (χ3v) is 8.30. The van der Waals surface area contributed by atoms with Crippen LogP contribution in [0.4, 0.5) is 4.39 Å². The fraction of sp³-hybridized carbons (Fsp3) is 0.778. The van der Waals surface area contributed by atoms with Gasteiger partial charge in [-0.2, -0.15) is 0 Å². The van der Waals surface area contributed by atoms with E-state index in [-0.39, 0.29) is 35.7 Å². The topological polar surface area (TPSA) is 40.5 Å². The summed E-state index contributed by atoms with van der Waals surface area (Å²) in [5.41, 5.74) is 3.32. The molecule has 0 saturated heterocycles. The van der Waals surface area contributed by atoms with Crippen molar-refractivity contribution in [2.75, 3.05) is 0 Å². The van der Waals surface area contributed by atoms with Crippen molar-refractivity contribution in [1.82, 2.24) is 0 Å². The molecule has 170 valence electrons. The number of alkyl halides is 1. The Labute approximate surface area is 183 Å². The highest BCUT2D eigenvalue weighted by molar-refractivity contribution is 5.36. The number of halogens is 1. The number of aliphatic hydroxyl groups excluding tert-OH is 1. The maximum atomic E-state index is 15.6. The van der Waals surface area contributed by atoms with Crippen LogP contribution in [0.2, 0.25) is 0 Å². The lowest BCUT2D eigenvalue weighted by Crippen LogP contribution is -2.42. The average Bonchev–Trinajstić information content (AvgIpc) is 2.87. The molecule has 0 aliphatic heterocycles. The molecule has 3 heteroatoms. The van der Waals surface area contributed by atoms with Crippen LogP contribution in [0.3, 0.4) is 0 Å². The van der Waals surface area contributed by atoms with Crippen LogP contribution in [-0.2, 0) is 0 Å². The van der Waals surface area contributed by atoms with Gasteiger partial charge in [0.1, 0.15) is 0 Å². The van der Waals surface area contributed by atoms with E-state index in [1.807, 2.05) is 0 Å². The largest absolute Gasteiger partial charge is 0.393 e. The highest BCUT2D eigenvalue weighted by Crippen LogP contribution is 2.63. The van der Waals surface area contributed by atoms with Crippen molar-refractivity contribution in [1.29, 1.82) is 0 Å². The molecule has 0 heterocycles. The Morgan fingerprint density at radius 3 is 2.63 bits per heavy atom. The highest BCUT2D eigenvalue weighted by atomic mass is 19.2. The Balaban J connectivity index is 1.81. The molecule has 0 spiro atoms. The first-order valence-electron chi connectivity index (χ1n) is 12.2. The molecule has 6 atom stereocenters. The minimum atomic E-state index is -2.09. The number of hydrogen-bond donors (Lipinski definition) is 2. The van der Waals surface area contributed by atoms with Crippen LogP contribution >= 0.6 is 0 Å². The smallest absolute Gasteiger partial charge is 0.210 e. The fourth-order valence-corrected chi connectivity index (χ4v) is 6.80. The lowest BCUT2D eigenvalue weighted by atomic mass is 9.60. The SMILES string of the molecule is C=C1CC[C@H](O)C/C1=C\C=C1/CCC[C@]2(C)[C@H]1CC(O)(F)[C@@H]2[C@H](C)CCCC(C)C. The maximum Gasteiger partial charge on any atom is 0.210 e. The summed E-state index contributed by atoms with van der Waals surface area (Å²) >= 11 is 0. The van der Waals surface area contributed by atoms with Gasteiger partial charge in [0.2, 0.25) is 5.85 Å². The number of aliphatic hydroxyl groups is 2. The summed E-state index contributed by atoms with van der Waals surface area (Å²) in [6.07, 6.45) is 12.8. The summed E-state index contributed by atoms with van der Waals surface area (Å²) in [6.45, 7) is 13.0. The van der Waals surface area contributed by atoms with E-state index in [1.54, 1.807) is 0 Å². The van der Waals surface area contributed by atoms with Crippen LogP contribution in [0.5, 0.6) is 0 Å². The van der Waals surface area contributed by atoms with Gasteiger partial charge in [-0.1, -0.05) is 76.8 Å². The molecule has 3 saturated carbocycles. The molecule has 3 fully saturated rings. The Morgan fingerprint density at radius 2 is 1.93 bits per heavy atom. The minimum Gasteiger partial charge on any atom is -0.393 e. The van der Waals surface area contributed by atoms with Gasteiger partial charge in [0.25, 0.3) is 0 Å². The fourth-order valence-electron chi connectivity index (χ4n) is 6.80. The summed E-state index contributed by atoms with van der Waals surface area (Å²) in [4.78, 5) is 0.